The highest BCUT2D eigenvalue weighted by Crippen LogP contribution is 2.27. The molecule has 0 atom stereocenters. The molecular weight excluding hydrogens is 493 g/mol. The fourth-order valence-electron chi connectivity index (χ4n) is 3.82. The van der Waals surface area contributed by atoms with E-state index in [1.165, 1.54) is 5.56 Å². The lowest BCUT2D eigenvalue weighted by Crippen LogP contribution is -2.53. The summed E-state index contributed by atoms with van der Waals surface area (Å²) in [6, 6.07) is 9.93. The SMILES string of the molecule is CCNC(=NCC(=O)N1CCc2ccccc21)N1CCN(c2ncccn2)CC1.I. The number of fused-ring (bicyclic) bond motifs is 1. The second-order valence-electron chi connectivity index (χ2n) is 7.12. The first-order valence-corrected chi connectivity index (χ1v) is 10.2. The van der Waals surface area contributed by atoms with Crippen LogP contribution in [0.1, 0.15) is 12.5 Å². The minimum absolute atomic E-state index is 0. The van der Waals surface area contributed by atoms with Crippen LogP contribution in [-0.2, 0) is 11.2 Å². The number of rotatable bonds is 4. The summed E-state index contributed by atoms with van der Waals surface area (Å²) in [5, 5.41) is 3.33. The maximum absolute atomic E-state index is 12.8. The average Bonchev–Trinajstić information content (AvgIpc) is 3.21. The summed E-state index contributed by atoms with van der Waals surface area (Å²) in [6.07, 6.45) is 4.44. The smallest absolute Gasteiger partial charge is 0.248 e. The van der Waals surface area contributed by atoms with Crippen LogP contribution in [-0.4, -0.2) is 72.5 Å². The van der Waals surface area contributed by atoms with Gasteiger partial charge in [-0.3, -0.25) is 4.79 Å². The molecule has 0 radical (unpaired) electrons. The number of benzene rings is 1. The highest BCUT2D eigenvalue weighted by molar-refractivity contribution is 14.0. The Balaban J connectivity index is 0.00000256. The molecule has 0 spiro atoms. The number of guanidine groups is 1. The molecule has 1 fully saturated rings. The third-order valence-corrected chi connectivity index (χ3v) is 5.30. The van der Waals surface area contributed by atoms with E-state index in [0.29, 0.717) is 0 Å². The van der Waals surface area contributed by atoms with E-state index in [-0.39, 0.29) is 36.4 Å². The maximum atomic E-state index is 12.8. The van der Waals surface area contributed by atoms with Crippen molar-refractivity contribution in [2.45, 2.75) is 13.3 Å². The van der Waals surface area contributed by atoms with Crippen molar-refractivity contribution in [2.24, 2.45) is 4.99 Å². The number of halogens is 1. The summed E-state index contributed by atoms with van der Waals surface area (Å²) in [4.78, 5) is 32.3. The predicted octanol–water partition coefficient (Wildman–Crippen LogP) is 1.77. The molecule has 30 heavy (non-hydrogen) atoms. The number of carbonyl (C=O) groups excluding carboxylic acids is 1. The summed E-state index contributed by atoms with van der Waals surface area (Å²) < 4.78 is 0. The van der Waals surface area contributed by atoms with E-state index in [1.807, 2.05) is 36.1 Å². The van der Waals surface area contributed by atoms with Gasteiger partial charge in [0.25, 0.3) is 0 Å². The third-order valence-electron chi connectivity index (χ3n) is 5.30. The van der Waals surface area contributed by atoms with Crippen LogP contribution < -0.4 is 15.1 Å². The zero-order valence-corrected chi connectivity index (χ0v) is 19.5. The van der Waals surface area contributed by atoms with Crippen molar-refractivity contribution in [3.8, 4) is 0 Å². The standard InChI is InChI=1S/C21H27N7O.HI/c1-2-22-20(26-12-14-27(15-13-26)21-23-9-5-10-24-21)25-16-19(29)28-11-8-17-6-3-4-7-18(17)28;/h3-7,9-10H,2,8,11-16H2,1H3,(H,22,25);1H. The number of hydrogen-bond donors (Lipinski definition) is 1. The zero-order valence-electron chi connectivity index (χ0n) is 17.2. The van der Waals surface area contributed by atoms with Crippen molar-refractivity contribution in [1.82, 2.24) is 20.2 Å². The van der Waals surface area contributed by atoms with Crippen LogP contribution in [0.25, 0.3) is 0 Å². The molecule has 0 saturated carbocycles. The van der Waals surface area contributed by atoms with E-state index in [1.54, 1.807) is 12.4 Å². The molecule has 1 amide bonds. The van der Waals surface area contributed by atoms with Crippen molar-refractivity contribution < 1.29 is 4.79 Å². The van der Waals surface area contributed by atoms with Gasteiger partial charge in [0, 0.05) is 57.3 Å². The monoisotopic (exact) mass is 521 g/mol. The third kappa shape index (κ3) is 5.00. The van der Waals surface area contributed by atoms with Crippen molar-refractivity contribution in [3.05, 3.63) is 48.3 Å². The lowest BCUT2D eigenvalue weighted by atomic mass is 10.2. The van der Waals surface area contributed by atoms with Gasteiger partial charge in [-0.1, -0.05) is 18.2 Å². The van der Waals surface area contributed by atoms with Crippen molar-refractivity contribution in [3.63, 3.8) is 0 Å². The van der Waals surface area contributed by atoms with Gasteiger partial charge in [-0.05, 0) is 31.0 Å². The molecule has 1 aromatic heterocycles. The van der Waals surface area contributed by atoms with Gasteiger partial charge >= 0.3 is 0 Å². The van der Waals surface area contributed by atoms with Gasteiger partial charge in [0.15, 0.2) is 5.96 Å². The van der Waals surface area contributed by atoms with E-state index < -0.39 is 0 Å². The van der Waals surface area contributed by atoms with E-state index in [2.05, 4.69) is 36.1 Å². The molecule has 1 saturated heterocycles. The number of carbonyl (C=O) groups is 1. The van der Waals surface area contributed by atoms with Crippen molar-refractivity contribution in [1.29, 1.82) is 0 Å². The Hall–Kier alpha value is -2.43. The molecule has 9 heteroatoms. The van der Waals surface area contributed by atoms with Gasteiger partial charge in [0.05, 0.1) is 0 Å². The fraction of sp³-hybridized carbons (Fsp3) is 0.429. The van der Waals surface area contributed by atoms with Crippen LogP contribution in [0.2, 0.25) is 0 Å². The Morgan fingerprint density at radius 1 is 1.07 bits per heavy atom. The second kappa shape index (κ2) is 10.6. The summed E-state index contributed by atoms with van der Waals surface area (Å²) in [5.74, 6) is 1.60. The van der Waals surface area contributed by atoms with E-state index in [0.717, 1.165) is 63.3 Å². The zero-order chi connectivity index (χ0) is 20.1. The van der Waals surface area contributed by atoms with Crippen LogP contribution in [0.4, 0.5) is 11.6 Å². The summed E-state index contributed by atoms with van der Waals surface area (Å²) in [7, 11) is 0. The number of piperazine rings is 1. The van der Waals surface area contributed by atoms with Crippen molar-refractivity contribution >= 4 is 47.5 Å². The number of nitrogens with one attached hydrogen (secondary N) is 1. The highest BCUT2D eigenvalue weighted by Gasteiger charge is 2.25. The Kier molecular flexibility index (Phi) is 7.83. The quantitative estimate of drug-likeness (QED) is 0.376. The minimum Gasteiger partial charge on any atom is -0.357 e. The van der Waals surface area contributed by atoms with Gasteiger partial charge in [-0.25, -0.2) is 15.0 Å². The molecule has 2 aliphatic heterocycles. The lowest BCUT2D eigenvalue weighted by molar-refractivity contribution is -0.117. The lowest BCUT2D eigenvalue weighted by Gasteiger charge is -2.36. The number of para-hydroxylation sites is 1. The van der Waals surface area contributed by atoms with Gasteiger partial charge in [0.1, 0.15) is 6.54 Å². The molecule has 2 aromatic rings. The van der Waals surface area contributed by atoms with Gasteiger partial charge < -0.3 is 20.0 Å². The Morgan fingerprint density at radius 2 is 1.80 bits per heavy atom. The molecular formula is C21H28IN7O. The number of aromatic nitrogens is 2. The molecule has 0 bridgehead atoms. The first-order chi connectivity index (χ1) is 14.3. The summed E-state index contributed by atoms with van der Waals surface area (Å²) >= 11 is 0. The molecule has 1 N–H and O–H groups in total. The first kappa shape index (κ1) is 22.3. The number of nitrogens with zero attached hydrogens (tertiary/aromatic N) is 6. The molecule has 8 nitrogen and oxygen atoms in total. The highest BCUT2D eigenvalue weighted by atomic mass is 127. The van der Waals surface area contributed by atoms with Crippen LogP contribution in [0.15, 0.2) is 47.7 Å². The molecule has 2 aliphatic rings. The Morgan fingerprint density at radius 3 is 2.53 bits per heavy atom. The van der Waals surface area contributed by atoms with E-state index in [4.69, 9.17) is 0 Å². The number of aliphatic imine (C=N–C) groups is 1. The summed E-state index contributed by atoms with van der Waals surface area (Å²) in [5.41, 5.74) is 2.25. The van der Waals surface area contributed by atoms with Crippen LogP contribution >= 0.6 is 24.0 Å². The molecule has 0 aliphatic carbocycles. The maximum Gasteiger partial charge on any atom is 0.248 e. The van der Waals surface area contributed by atoms with Crippen LogP contribution in [0.3, 0.4) is 0 Å². The number of amides is 1. The molecule has 0 unspecified atom stereocenters. The average molecular weight is 521 g/mol. The van der Waals surface area contributed by atoms with E-state index in [9.17, 15) is 4.79 Å². The van der Waals surface area contributed by atoms with Gasteiger partial charge in [-0.2, -0.15) is 0 Å². The molecule has 4 rings (SSSR count). The Bertz CT molecular complexity index is 869. The largest absolute Gasteiger partial charge is 0.357 e. The van der Waals surface area contributed by atoms with Gasteiger partial charge in [-0.15, -0.1) is 24.0 Å². The molecule has 3 heterocycles. The van der Waals surface area contributed by atoms with Crippen LogP contribution in [0.5, 0.6) is 0 Å². The number of hydrogen-bond acceptors (Lipinski definition) is 5. The topological polar surface area (TPSA) is 77.0 Å². The number of anilines is 2. The van der Waals surface area contributed by atoms with E-state index >= 15 is 0 Å². The summed E-state index contributed by atoms with van der Waals surface area (Å²) in [6.45, 7) is 6.96. The predicted molar refractivity (Wildman–Crippen MR) is 130 cm³/mol. The van der Waals surface area contributed by atoms with Crippen molar-refractivity contribution in [2.75, 3.05) is 55.6 Å². The normalized spacial score (nSPS) is 16.2. The van der Waals surface area contributed by atoms with Crippen LogP contribution in [0, 0.1) is 0 Å². The fourth-order valence-corrected chi connectivity index (χ4v) is 3.82. The second-order valence-corrected chi connectivity index (χ2v) is 7.12. The van der Waals surface area contributed by atoms with Gasteiger partial charge in [0.2, 0.25) is 11.9 Å². The Labute approximate surface area is 194 Å². The minimum atomic E-state index is 0. The molecule has 1 aromatic carbocycles. The molecule has 160 valence electrons. The first-order valence-electron chi connectivity index (χ1n) is 10.2.